The predicted molar refractivity (Wildman–Crippen MR) is 134 cm³/mol. The molecule has 1 atom stereocenters. The summed E-state index contributed by atoms with van der Waals surface area (Å²) < 4.78 is 36.3. The van der Waals surface area contributed by atoms with Gasteiger partial charge in [-0.05, 0) is 54.5 Å². The summed E-state index contributed by atoms with van der Waals surface area (Å²) in [6.45, 7) is 6.87. The zero-order valence-electron chi connectivity index (χ0n) is 18.4. The number of anilines is 1. The first-order chi connectivity index (χ1) is 15.1. The Kier molecular flexibility index (Phi) is 5.13. The molecule has 1 N–H and O–H groups in total. The van der Waals surface area contributed by atoms with Crippen LogP contribution in [-0.2, 0) is 22.9 Å². The normalized spacial score (nSPS) is 16.9. The molecule has 5 rings (SSSR count). The number of benzene rings is 3. The Labute approximate surface area is 197 Å². The first-order valence-corrected chi connectivity index (χ1v) is 13.2. The molecule has 1 aromatic heterocycles. The summed E-state index contributed by atoms with van der Waals surface area (Å²) in [6.07, 6.45) is 2.97. The van der Waals surface area contributed by atoms with Gasteiger partial charge in [0.05, 0.1) is 10.6 Å². The van der Waals surface area contributed by atoms with Crippen molar-refractivity contribution in [3.63, 3.8) is 0 Å². The first kappa shape index (κ1) is 21.5. The van der Waals surface area contributed by atoms with Crippen molar-refractivity contribution in [3.05, 3.63) is 70.4 Å². The molecule has 1 heterocycles. The average molecular weight is 512 g/mol. The second-order valence-corrected chi connectivity index (χ2v) is 12.3. The Hall–Kier alpha value is -2.31. The SMILES string of the molecule is CC(C)(C)[C@H]1CCc2oc3c(cc(NS(=O)(=O)c4ccc(Br)cc4)c4ccccc43)c2C1. The number of hydrogen-bond acceptors (Lipinski definition) is 3. The lowest BCUT2D eigenvalue weighted by molar-refractivity contribution is 0.210. The van der Waals surface area contributed by atoms with E-state index in [0.717, 1.165) is 51.2 Å². The van der Waals surface area contributed by atoms with Crippen molar-refractivity contribution in [3.8, 4) is 0 Å². The van der Waals surface area contributed by atoms with Crippen molar-refractivity contribution in [1.29, 1.82) is 0 Å². The monoisotopic (exact) mass is 511 g/mol. The molecular weight excluding hydrogens is 486 g/mol. The topological polar surface area (TPSA) is 59.3 Å². The molecule has 0 saturated carbocycles. The molecule has 32 heavy (non-hydrogen) atoms. The van der Waals surface area contributed by atoms with Crippen LogP contribution in [0.15, 0.2) is 68.4 Å². The van der Waals surface area contributed by atoms with Gasteiger partial charge in [-0.15, -0.1) is 0 Å². The van der Waals surface area contributed by atoms with Gasteiger partial charge < -0.3 is 4.42 Å². The predicted octanol–water partition coefficient (Wildman–Crippen LogP) is 7.30. The van der Waals surface area contributed by atoms with Crippen molar-refractivity contribution < 1.29 is 12.8 Å². The maximum absolute atomic E-state index is 13.2. The van der Waals surface area contributed by atoms with Crippen LogP contribution in [0.25, 0.3) is 21.7 Å². The molecule has 0 saturated heterocycles. The number of aryl methyl sites for hydroxylation is 1. The number of rotatable bonds is 3. The minimum absolute atomic E-state index is 0.212. The fraction of sp³-hybridized carbons (Fsp3) is 0.308. The molecular formula is C26H26BrNO3S. The molecule has 1 aliphatic carbocycles. The maximum Gasteiger partial charge on any atom is 0.261 e. The van der Waals surface area contributed by atoms with E-state index in [1.807, 2.05) is 30.3 Å². The van der Waals surface area contributed by atoms with E-state index in [2.05, 4.69) is 41.4 Å². The third-order valence-electron chi connectivity index (χ3n) is 6.65. The summed E-state index contributed by atoms with van der Waals surface area (Å²) in [5.41, 5.74) is 2.87. The number of furan rings is 1. The highest BCUT2D eigenvalue weighted by atomic mass is 79.9. The lowest BCUT2D eigenvalue weighted by atomic mass is 9.71. The van der Waals surface area contributed by atoms with Gasteiger partial charge in [0, 0.05) is 32.6 Å². The molecule has 3 aromatic carbocycles. The summed E-state index contributed by atoms with van der Waals surface area (Å²) in [5.74, 6) is 1.60. The van der Waals surface area contributed by atoms with Crippen LogP contribution >= 0.6 is 15.9 Å². The number of halogens is 1. The molecule has 0 fully saturated rings. The molecule has 0 unspecified atom stereocenters. The second kappa shape index (κ2) is 7.63. The molecule has 0 radical (unpaired) electrons. The average Bonchev–Trinajstić information content (AvgIpc) is 3.11. The fourth-order valence-electron chi connectivity index (χ4n) is 4.74. The molecule has 0 aliphatic heterocycles. The maximum atomic E-state index is 13.2. The van der Waals surface area contributed by atoms with Gasteiger partial charge >= 0.3 is 0 Å². The lowest BCUT2D eigenvalue weighted by Crippen LogP contribution is -2.26. The van der Waals surface area contributed by atoms with Crippen LogP contribution in [0.5, 0.6) is 0 Å². The molecule has 4 aromatic rings. The van der Waals surface area contributed by atoms with Crippen molar-refractivity contribution in [1.82, 2.24) is 0 Å². The van der Waals surface area contributed by atoms with Crippen molar-refractivity contribution in [2.24, 2.45) is 11.3 Å². The van der Waals surface area contributed by atoms with Gasteiger partial charge in [-0.25, -0.2) is 8.42 Å². The molecule has 166 valence electrons. The molecule has 4 nitrogen and oxygen atoms in total. The third-order valence-corrected chi connectivity index (χ3v) is 8.56. The Morgan fingerprint density at radius 1 is 1.00 bits per heavy atom. The van der Waals surface area contributed by atoms with E-state index in [-0.39, 0.29) is 10.3 Å². The van der Waals surface area contributed by atoms with Crippen molar-refractivity contribution >= 4 is 53.4 Å². The summed E-state index contributed by atoms with van der Waals surface area (Å²) in [4.78, 5) is 0.229. The van der Waals surface area contributed by atoms with E-state index in [1.165, 1.54) is 5.56 Å². The van der Waals surface area contributed by atoms with Gasteiger partial charge in [0.25, 0.3) is 10.0 Å². The number of sulfonamides is 1. The van der Waals surface area contributed by atoms with Gasteiger partial charge in [-0.1, -0.05) is 61.0 Å². The minimum atomic E-state index is -3.73. The van der Waals surface area contributed by atoms with Gasteiger partial charge in [0.1, 0.15) is 11.3 Å². The van der Waals surface area contributed by atoms with Crippen LogP contribution in [-0.4, -0.2) is 8.42 Å². The van der Waals surface area contributed by atoms with Gasteiger partial charge in [0.15, 0.2) is 0 Å². The Morgan fingerprint density at radius 2 is 1.69 bits per heavy atom. The van der Waals surface area contributed by atoms with Crippen LogP contribution < -0.4 is 4.72 Å². The summed E-state index contributed by atoms with van der Waals surface area (Å²) in [7, 11) is -3.73. The quantitative estimate of drug-likeness (QED) is 0.313. The number of hydrogen-bond donors (Lipinski definition) is 1. The smallest absolute Gasteiger partial charge is 0.261 e. The van der Waals surface area contributed by atoms with Crippen molar-refractivity contribution in [2.45, 2.75) is 44.9 Å². The Balaban J connectivity index is 1.67. The molecule has 6 heteroatoms. The Bertz CT molecular complexity index is 1430. The van der Waals surface area contributed by atoms with E-state index >= 15 is 0 Å². The lowest BCUT2D eigenvalue weighted by Gasteiger charge is -2.33. The highest BCUT2D eigenvalue weighted by Crippen LogP contribution is 2.44. The highest BCUT2D eigenvalue weighted by molar-refractivity contribution is 9.10. The van der Waals surface area contributed by atoms with Crippen LogP contribution in [0.3, 0.4) is 0 Å². The summed E-state index contributed by atoms with van der Waals surface area (Å²) >= 11 is 3.36. The van der Waals surface area contributed by atoms with Crippen LogP contribution in [0.4, 0.5) is 5.69 Å². The van der Waals surface area contributed by atoms with E-state index in [0.29, 0.717) is 11.6 Å². The fourth-order valence-corrected chi connectivity index (χ4v) is 6.07. The number of nitrogens with one attached hydrogen (secondary N) is 1. The zero-order chi connectivity index (χ0) is 22.7. The van der Waals surface area contributed by atoms with E-state index < -0.39 is 10.0 Å². The van der Waals surface area contributed by atoms with Gasteiger partial charge in [-0.2, -0.15) is 0 Å². The zero-order valence-corrected chi connectivity index (χ0v) is 20.8. The summed E-state index contributed by atoms with van der Waals surface area (Å²) in [5, 5.41) is 2.78. The Morgan fingerprint density at radius 3 is 2.38 bits per heavy atom. The van der Waals surface area contributed by atoms with Crippen LogP contribution in [0.2, 0.25) is 0 Å². The van der Waals surface area contributed by atoms with Crippen LogP contribution in [0.1, 0.15) is 38.5 Å². The van der Waals surface area contributed by atoms with Gasteiger partial charge in [0.2, 0.25) is 0 Å². The van der Waals surface area contributed by atoms with E-state index in [4.69, 9.17) is 4.42 Å². The van der Waals surface area contributed by atoms with Gasteiger partial charge in [-0.3, -0.25) is 4.72 Å². The number of fused-ring (bicyclic) bond motifs is 5. The standard InChI is InChI=1S/C26H26BrNO3S/c1-26(2,3)16-8-13-24-21(14-16)22-15-23(19-6-4-5-7-20(19)25(22)31-24)28-32(29,30)18-11-9-17(27)10-12-18/h4-7,9-12,15-16,28H,8,13-14H2,1-3H3/t16-/m0/s1. The third kappa shape index (κ3) is 3.73. The second-order valence-electron chi connectivity index (χ2n) is 9.72. The van der Waals surface area contributed by atoms with Crippen molar-refractivity contribution in [2.75, 3.05) is 4.72 Å². The highest BCUT2D eigenvalue weighted by Gasteiger charge is 2.32. The van der Waals surface area contributed by atoms with E-state index in [9.17, 15) is 8.42 Å². The first-order valence-electron chi connectivity index (χ1n) is 10.9. The molecule has 1 aliphatic rings. The molecule has 0 spiro atoms. The molecule has 0 bridgehead atoms. The minimum Gasteiger partial charge on any atom is -0.460 e. The summed E-state index contributed by atoms with van der Waals surface area (Å²) in [6, 6.07) is 16.4. The van der Waals surface area contributed by atoms with Crippen LogP contribution in [0, 0.1) is 11.3 Å². The van der Waals surface area contributed by atoms with E-state index in [1.54, 1.807) is 24.3 Å². The molecule has 0 amide bonds. The largest absolute Gasteiger partial charge is 0.460 e.